The Morgan fingerprint density at radius 3 is 1.67 bits per heavy atom. The van der Waals surface area contributed by atoms with Crippen LogP contribution in [-0.2, 0) is 9.47 Å². The van der Waals surface area contributed by atoms with Crippen LogP contribution in [0.5, 0.6) is 0 Å². The zero-order valence-electron chi connectivity index (χ0n) is 18.8. The van der Waals surface area contributed by atoms with E-state index in [9.17, 15) is 9.59 Å². The Bertz CT molecular complexity index is 746. The predicted octanol–water partition coefficient (Wildman–Crippen LogP) is 2.75. The summed E-state index contributed by atoms with van der Waals surface area (Å²) in [5, 5.41) is 0. The van der Waals surface area contributed by atoms with E-state index < -0.39 is 0 Å². The summed E-state index contributed by atoms with van der Waals surface area (Å²) >= 11 is 0. The average Bonchev–Trinajstić information content (AvgIpc) is 2.75. The second-order valence-corrected chi connectivity index (χ2v) is 6.37. The summed E-state index contributed by atoms with van der Waals surface area (Å²) in [4.78, 5) is 33.4. The van der Waals surface area contributed by atoms with Gasteiger partial charge in [0, 0.05) is 59.9 Å². The summed E-state index contributed by atoms with van der Waals surface area (Å²) in [6.07, 6.45) is 6.21. The van der Waals surface area contributed by atoms with Crippen molar-refractivity contribution in [3.05, 3.63) is 72.5 Å². The van der Waals surface area contributed by atoms with Crippen molar-refractivity contribution in [1.82, 2.24) is 19.8 Å². The third kappa shape index (κ3) is 12.5. The molecule has 0 bridgehead atoms. The van der Waals surface area contributed by atoms with Crippen molar-refractivity contribution < 1.29 is 19.1 Å². The van der Waals surface area contributed by atoms with Crippen LogP contribution >= 0.6 is 0 Å². The van der Waals surface area contributed by atoms with Crippen molar-refractivity contribution in [2.75, 3.05) is 42.4 Å². The molecule has 0 spiro atoms. The average molecular weight is 417 g/mol. The number of methoxy groups -OCH3 is 2. The Morgan fingerprint density at radius 1 is 0.900 bits per heavy atom. The smallest absolute Gasteiger partial charge is 0.217 e. The van der Waals surface area contributed by atoms with Crippen LogP contribution in [0.1, 0.15) is 27.9 Å². The van der Waals surface area contributed by atoms with E-state index in [1.165, 1.54) is 13.0 Å². The lowest BCUT2D eigenvalue weighted by Crippen LogP contribution is -2.30. The van der Waals surface area contributed by atoms with Crippen LogP contribution < -0.4 is 0 Å². The van der Waals surface area contributed by atoms with E-state index in [-0.39, 0.29) is 18.0 Å². The van der Waals surface area contributed by atoms with Gasteiger partial charge in [-0.05, 0) is 38.4 Å². The van der Waals surface area contributed by atoms with Gasteiger partial charge in [-0.25, -0.2) is 0 Å². The molecule has 30 heavy (non-hydrogen) atoms. The molecule has 0 saturated carbocycles. The zero-order chi connectivity index (χ0) is 22.9. The lowest BCUT2D eigenvalue weighted by atomic mass is 10.2. The molecule has 0 N–H and O–H groups in total. The van der Waals surface area contributed by atoms with E-state index >= 15 is 0 Å². The van der Waals surface area contributed by atoms with Crippen molar-refractivity contribution in [2.45, 2.75) is 13.3 Å². The van der Waals surface area contributed by atoms with Gasteiger partial charge in [0.2, 0.25) is 12.2 Å². The Kier molecular flexibility index (Phi) is 14.4. The molecule has 2 rings (SSSR count). The molecule has 0 atom stereocenters. The number of carbonyl (C=O) groups excluding carboxylic acids is 2. The van der Waals surface area contributed by atoms with Crippen LogP contribution in [0.4, 0.5) is 0 Å². The molecule has 0 aliphatic rings. The van der Waals surface area contributed by atoms with Crippen LogP contribution in [0, 0.1) is 0 Å². The van der Waals surface area contributed by atoms with Gasteiger partial charge in [-0.1, -0.05) is 12.1 Å². The van der Waals surface area contributed by atoms with Crippen molar-refractivity contribution in [2.24, 2.45) is 0 Å². The molecule has 0 aliphatic heterocycles. The molecule has 0 saturated heterocycles. The lowest BCUT2D eigenvalue weighted by Gasteiger charge is -2.19. The number of ether oxygens (including phenoxy) is 2. The third-order valence-electron chi connectivity index (χ3n) is 3.29. The van der Waals surface area contributed by atoms with E-state index in [2.05, 4.69) is 9.97 Å². The Morgan fingerprint density at radius 2 is 1.40 bits per heavy atom. The second kappa shape index (κ2) is 15.9. The maximum atomic E-state index is 11.4. The SMILES string of the molecule is CC(=O)c1ccccn1.CN(C)/C=C\C(=O)c1ccccn1.COC(OC)N(C)C. The number of ketones is 2. The topological polar surface area (TPSA) is 84.9 Å². The molecule has 0 fully saturated rings. The first-order valence-corrected chi connectivity index (χ1v) is 9.16. The van der Waals surface area contributed by atoms with E-state index in [0.29, 0.717) is 11.4 Å². The summed E-state index contributed by atoms with van der Waals surface area (Å²) < 4.78 is 9.73. The fourth-order valence-corrected chi connectivity index (χ4v) is 1.90. The van der Waals surface area contributed by atoms with Crippen LogP contribution in [0.2, 0.25) is 0 Å². The molecule has 164 valence electrons. The minimum Gasteiger partial charge on any atom is -0.383 e. The molecular formula is C22H32N4O4. The lowest BCUT2D eigenvalue weighted by molar-refractivity contribution is -0.179. The number of aromatic nitrogens is 2. The molecule has 0 unspecified atom stereocenters. The molecule has 8 heteroatoms. The number of carbonyl (C=O) groups is 2. The standard InChI is InChI=1S/C10H12N2O.C7H7NO.C5H13NO2/c1-12(2)8-6-10(13)9-5-3-4-7-11-9;1-6(9)7-4-2-3-5-8-7;1-6(2)5(7-3)8-4/h3-8H,1-2H3;2-5H,1H3;5H,1-4H3/b8-6-;;. The summed E-state index contributed by atoms with van der Waals surface area (Å²) in [7, 11) is 10.7. The molecule has 0 aliphatic carbocycles. The maximum absolute atomic E-state index is 11.4. The second-order valence-electron chi connectivity index (χ2n) is 6.37. The highest BCUT2D eigenvalue weighted by Crippen LogP contribution is 1.96. The highest BCUT2D eigenvalue weighted by Gasteiger charge is 2.04. The Hall–Kier alpha value is -2.94. The van der Waals surface area contributed by atoms with Gasteiger partial charge in [-0.3, -0.25) is 24.5 Å². The molecule has 2 aromatic rings. The number of Topliss-reactive ketones (excluding diaryl/α,β-unsaturated/α-hetero) is 1. The van der Waals surface area contributed by atoms with E-state index in [4.69, 9.17) is 9.47 Å². The highest BCUT2D eigenvalue weighted by atomic mass is 16.7. The van der Waals surface area contributed by atoms with Crippen molar-refractivity contribution in [3.8, 4) is 0 Å². The van der Waals surface area contributed by atoms with Crippen LogP contribution in [0.15, 0.2) is 61.1 Å². The summed E-state index contributed by atoms with van der Waals surface area (Å²) in [5.74, 6) is -0.0649. The fraction of sp³-hybridized carbons (Fsp3) is 0.364. The number of hydrogen-bond acceptors (Lipinski definition) is 8. The third-order valence-corrected chi connectivity index (χ3v) is 3.29. The first-order valence-electron chi connectivity index (χ1n) is 9.16. The zero-order valence-corrected chi connectivity index (χ0v) is 18.8. The number of nitrogens with zero attached hydrogens (tertiary/aromatic N) is 4. The van der Waals surface area contributed by atoms with Crippen molar-refractivity contribution in [1.29, 1.82) is 0 Å². The first-order chi connectivity index (χ1) is 14.2. The summed E-state index contributed by atoms with van der Waals surface area (Å²) in [6, 6.07) is 10.6. The quantitative estimate of drug-likeness (QED) is 0.387. The van der Waals surface area contributed by atoms with Gasteiger partial charge < -0.3 is 14.4 Å². The van der Waals surface area contributed by atoms with E-state index in [0.717, 1.165) is 0 Å². The fourth-order valence-electron chi connectivity index (χ4n) is 1.90. The van der Waals surface area contributed by atoms with Crippen LogP contribution in [0.3, 0.4) is 0 Å². The molecule has 0 aromatic carbocycles. The van der Waals surface area contributed by atoms with Gasteiger partial charge in [-0.15, -0.1) is 0 Å². The number of allylic oxidation sites excluding steroid dienone is 1. The van der Waals surface area contributed by atoms with Gasteiger partial charge in [0.15, 0.2) is 5.78 Å². The first kappa shape index (κ1) is 27.1. The highest BCUT2D eigenvalue weighted by molar-refractivity contribution is 6.02. The minimum atomic E-state index is -0.213. The van der Waals surface area contributed by atoms with Crippen LogP contribution in [-0.4, -0.2) is 80.2 Å². The van der Waals surface area contributed by atoms with Gasteiger partial charge in [0.1, 0.15) is 11.4 Å². The molecule has 2 aromatic heterocycles. The normalized spacial score (nSPS) is 10.2. The molecule has 2 heterocycles. The minimum absolute atomic E-state index is 0.00981. The number of rotatable bonds is 7. The molecular weight excluding hydrogens is 384 g/mol. The van der Waals surface area contributed by atoms with E-state index in [1.807, 2.05) is 33.1 Å². The monoisotopic (exact) mass is 416 g/mol. The maximum Gasteiger partial charge on any atom is 0.217 e. The van der Waals surface area contributed by atoms with Crippen LogP contribution in [0.25, 0.3) is 0 Å². The van der Waals surface area contributed by atoms with Gasteiger partial charge in [0.25, 0.3) is 0 Å². The summed E-state index contributed by atoms with van der Waals surface area (Å²) in [6.45, 7) is 1.50. The number of pyridine rings is 2. The van der Waals surface area contributed by atoms with Gasteiger partial charge >= 0.3 is 0 Å². The van der Waals surface area contributed by atoms with Crippen molar-refractivity contribution in [3.63, 3.8) is 0 Å². The molecule has 0 radical (unpaired) electrons. The molecule has 8 nitrogen and oxygen atoms in total. The number of hydrogen-bond donors (Lipinski definition) is 0. The Balaban J connectivity index is 0.000000438. The predicted molar refractivity (Wildman–Crippen MR) is 117 cm³/mol. The van der Waals surface area contributed by atoms with Gasteiger partial charge in [0.05, 0.1) is 0 Å². The Labute approximate surface area is 179 Å². The summed E-state index contributed by atoms with van der Waals surface area (Å²) in [5.41, 5.74) is 0.998. The van der Waals surface area contributed by atoms with Gasteiger partial charge in [-0.2, -0.15) is 0 Å². The van der Waals surface area contributed by atoms with E-state index in [1.54, 1.807) is 74.1 Å². The van der Waals surface area contributed by atoms with Crippen molar-refractivity contribution >= 4 is 11.6 Å². The molecule has 0 amide bonds. The largest absolute Gasteiger partial charge is 0.383 e.